The van der Waals surface area contributed by atoms with Gasteiger partial charge >= 0.3 is 0 Å². The van der Waals surface area contributed by atoms with Crippen molar-refractivity contribution >= 4 is 17.1 Å². The molecular weight excluding hydrogens is 270 g/mol. The first-order valence-corrected chi connectivity index (χ1v) is 6.17. The summed E-state index contributed by atoms with van der Waals surface area (Å²) in [6.07, 6.45) is 0. The van der Waals surface area contributed by atoms with Crippen molar-refractivity contribution in [3.05, 3.63) is 63.7 Å². The number of nitro benzene ring substituents is 1. The van der Waals surface area contributed by atoms with Gasteiger partial charge in [0.15, 0.2) is 0 Å². The molecule has 0 radical (unpaired) electrons. The molecule has 0 aliphatic heterocycles. The third-order valence-corrected chi connectivity index (χ3v) is 2.84. The molecule has 2 aromatic carbocycles. The summed E-state index contributed by atoms with van der Waals surface area (Å²) >= 11 is 0. The number of ether oxygens (including phenoxy) is 1. The number of nitrogens with one attached hydrogen (secondary N) is 1. The minimum Gasteiger partial charge on any atom is -0.380 e. The summed E-state index contributed by atoms with van der Waals surface area (Å²) in [5.41, 5.74) is 2.27. The largest absolute Gasteiger partial charge is 0.380 e. The number of hydrogen-bond acceptors (Lipinski definition) is 5. The number of nitriles is 1. The van der Waals surface area contributed by atoms with Crippen LogP contribution in [0.1, 0.15) is 11.1 Å². The molecule has 6 nitrogen and oxygen atoms in total. The zero-order valence-electron chi connectivity index (χ0n) is 11.4. The maximum atomic E-state index is 10.8. The first-order valence-electron chi connectivity index (χ1n) is 6.17. The van der Waals surface area contributed by atoms with Gasteiger partial charge in [0.2, 0.25) is 0 Å². The van der Waals surface area contributed by atoms with Crippen molar-refractivity contribution in [2.24, 2.45) is 0 Å². The Hall–Kier alpha value is -2.91. The van der Waals surface area contributed by atoms with E-state index in [4.69, 9.17) is 10.00 Å². The molecule has 0 saturated carbocycles. The Morgan fingerprint density at radius 3 is 2.71 bits per heavy atom. The number of rotatable bonds is 5. The second-order valence-corrected chi connectivity index (χ2v) is 4.36. The fraction of sp³-hybridized carbons (Fsp3) is 0.133. The van der Waals surface area contributed by atoms with Gasteiger partial charge in [0.1, 0.15) is 11.6 Å². The summed E-state index contributed by atoms with van der Waals surface area (Å²) in [6.45, 7) is 0.499. The third kappa shape index (κ3) is 3.55. The van der Waals surface area contributed by atoms with Crippen LogP contribution in [-0.4, -0.2) is 12.0 Å². The number of methoxy groups -OCH3 is 1. The van der Waals surface area contributed by atoms with E-state index in [9.17, 15) is 10.1 Å². The molecule has 0 aliphatic rings. The second kappa shape index (κ2) is 6.50. The molecule has 0 amide bonds. The topological polar surface area (TPSA) is 88.2 Å². The monoisotopic (exact) mass is 283 g/mol. The Morgan fingerprint density at radius 2 is 2.05 bits per heavy atom. The lowest BCUT2D eigenvalue weighted by Gasteiger charge is -2.08. The molecule has 2 aromatic rings. The van der Waals surface area contributed by atoms with Gasteiger partial charge in [-0.25, -0.2) is 0 Å². The molecule has 0 bridgehead atoms. The highest BCUT2D eigenvalue weighted by Crippen LogP contribution is 2.24. The molecule has 0 aliphatic carbocycles. The smallest absolute Gasteiger partial charge is 0.287 e. The van der Waals surface area contributed by atoms with Crippen LogP contribution < -0.4 is 5.32 Å². The molecule has 6 heteroatoms. The minimum atomic E-state index is -0.568. The number of nitro groups is 1. The summed E-state index contributed by atoms with van der Waals surface area (Å²) in [6, 6.07) is 13.8. The number of hydrogen-bond donors (Lipinski definition) is 1. The predicted molar refractivity (Wildman–Crippen MR) is 78.2 cm³/mol. The molecule has 0 saturated heterocycles. The fourth-order valence-corrected chi connectivity index (χ4v) is 1.93. The van der Waals surface area contributed by atoms with Crippen molar-refractivity contribution in [2.75, 3.05) is 12.4 Å². The average Bonchev–Trinajstić information content (AvgIpc) is 2.47. The van der Waals surface area contributed by atoms with Gasteiger partial charge in [0, 0.05) is 24.6 Å². The van der Waals surface area contributed by atoms with Gasteiger partial charge in [-0.3, -0.25) is 10.1 Å². The van der Waals surface area contributed by atoms with E-state index in [2.05, 4.69) is 5.32 Å². The quantitative estimate of drug-likeness (QED) is 0.671. The predicted octanol–water partition coefficient (Wildman–Crippen LogP) is 3.36. The first-order chi connectivity index (χ1) is 10.1. The lowest BCUT2D eigenvalue weighted by molar-refractivity contribution is -0.385. The molecule has 0 spiro atoms. The maximum absolute atomic E-state index is 10.8. The van der Waals surface area contributed by atoms with Crippen molar-refractivity contribution in [1.82, 2.24) is 0 Å². The minimum absolute atomic E-state index is 0.0260. The van der Waals surface area contributed by atoms with E-state index in [-0.39, 0.29) is 11.3 Å². The molecule has 1 N–H and O–H groups in total. The van der Waals surface area contributed by atoms with Crippen molar-refractivity contribution < 1.29 is 9.66 Å². The highest BCUT2D eigenvalue weighted by molar-refractivity contribution is 5.65. The zero-order chi connectivity index (χ0) is 15.2. The molecule has 0 unspecified atom stereocenters. The van der Waals surface area contributed by atoms with Gasteiger partial charge in [-0.15, -0.1) is 0 Å². The summed E-state index contributed by atoms with van der Waals surface area (Å²) in [4.78, 5) is 10.2. The Kier molecular flexibility index (Phi) is 4.49. The Bertz CT molecular complexity index is 708. The third-order valence-electron chi connectivity index (χ3n) is 2.84. The molecule has 0 aromatic heterocycles. The van der Waals surface area contributed by atoms with E-state index >= 15 is 0 Å². The van der Waals surface area contributed by atoms with Crippen LogP contribution in [0.25, 0.3) is 0 Å². The van der Waals surface area contributed by atoms with Gasteiger partial charge < -0.3 is 10.1 Å². The maximum Gasteiger partial charge on any atom is 0.287 e. The number of nitrogens with zero attached hydrogens (tertiary/aromatic N) is 2. The van der Waals surface area contributed by atoms with E-state index in [1.54, 1.807) is 13.2 Å². The molecule has 2 rings (SSSR count). The Balaban J connectivity index is 2.26. The van der Waals surface area contributed by atoms with Gasteiger partial charge in [-0.2, -0.15) is 5.26 Å². The lowest BCUT2D eigenvalue weighted by atomic mass is 10.1. The van der Waals surface area contributed by atoms with E-state index in [1.165, 1.54) is 12.1 Å². The second-order valence-electron chi connectivity index (χ2n) is 4.36. The summed E-state index contributed by atoms with van der Waals surface area (Å²) in [5.74, 6) is 0. The summed E-state index contributed by atoms with van der Waals surface area (Å²) in [7, 11) is 1.62. The standard InChI is InChI=1S/C15H13N3O3/c1-21-10-11-3-2-4-13(7-11)17-14-5-6-15(18(19)20)12(8-14)9-16/h2-8,17H,10H2,1H3. The van der Waals surface area contributed by atoms with Crippen LogP contribution in [0.3, 0.4) is 0 Å². The highest BCUT2D eigenvalue weighted by atomic mass is 16.6. The number of anilines is 2. The Morgan fingerprint density at radius 1 is 1.29 bits per heavy atom. The first kappa shape index (κ1) is 14.5. The van der Waals surface area contributed by atoms with Gasteiger partial charge in [0.25, 0.3) is 5.69 Å². The van der Waals surface area contributed by atoms with Crippen molar-refractivity contribution in [2.45, 2.75) is 6.61 Å². The van der Waals surface area contributed by atoms with Crippen LogP contribution in [0.4, 0.5) is 17.1 Å². The Labute approximate surface area is 121 Å². The van der Waals surface area contributed by atoms with Crippen LogP contribution >= 0.6 is 0 Å². The van der Waals surface area contributed by atoms with E-state index in [1.807, 2.05) is 30.3 Å². The van der Waals surface area contributed by atoms with Gasteiger partial charge in [0.05, 0.1) is 11.5 Å². The number of benzene rings is 2. The molecule has 0 atom stereocenters. The van der Waals surface area contributed by atoms with Crippen molar-refractivity contribution in [3.63, 3.8) is 0 Å². The summed E-state index contributed by atoms with van der Waals surface area (Å²) in [5, 5.41) is 22.9. The summed E-state index contributed by atoms with van der Waals surface area (Å²) < 4.78 is 5.07. The zero-order valence-corrected chi connectivity index (χ0v) is 11.4. The molecule has 0 fully saturated rings. The van der Waals surface area contributed by atoms with Crippen LogP contribution in [0.2, 0.25) is 0 Å². The highest BCUT2D eigenvalue weighted by Gasteiger charge is 2.13. The lowest BCUT2D eigenvalue weighted by Crippen LogP contribution is -1.96. The van der Waals surface area contributed by atoms with Crippen LogP contribution in [0.15, 0.2) is 42.5 Å². The van der Waals surface area contributed by atoms with E-state index < -0.39 is 4.92 Å². The van der Waals surface area contributed by atoms with Crippen molar-refractivity contribution in [3.8, 4) is 6.07 Å². The van der Waals surface area contributed by atoms with Crippen molar-refractivity contribution in [1.29, 1.82) is 5.26 Å². The van der Waals surface area contributed by atoms with Crippen LogP contribution in [0.5, 0.6) is 0 Å². The van der Waals surface area contributed by atoms with Gasteiger partial charge in [-0.1, -0.05) is 12.1 Å². The fourth-order valence-electron chi connectivity index (χ4n) is 1.93. The van der Waals surface area contributed by atoms with Crippen LogP contribution in [0, 0.1) is 21.4 Å². The SMILES string of the molecule is COCc1cccc(Nc2ccc([N+](=O)[O-])c(C#N)c2)c1. The molecule has 21 heavy (non-hydrogen) atoms. The normalized spacial score (nSPS) is 9.90. The van der Waals surface area contributed by atoms with Crippen LogP contribution in [-0.2, 0) is 11.3 Å². The van der Waals surface area contributed by atoms with E-state index in [0.717, 1.165) is 11.3 Å². The molecule has 106 valence electrons. The molecule has 0 heterocycles. The van der Waals surface area contributed by atoms with E-state index in [0.29, 0.717) is 12.3 Å². The van der Waals surface area contributed by atoms with Gasteiger partial charge in [-0.05, 0) is 29.8 Å². The molecular formula is C15H13N3O3. The average molecular weight is 283 g/mol.